The fourth-order valence-corrected chi connectivity index (χ4v) is 4.13. The van der Waals surface area contributed by atoms with Crippen molar-refractivity contribution in [2.75, 3.05) is 6.54 Å². The highest BCUT2D eigenvalue weighted by Crippen LogP contribution is 2.34. The fraction of sp³-hybridized carbons (Fsp3) is 0.667. The van der Waals surface area contributed by atoms with Crippen LogP contribution in [0.1, 0.15) is 25.7 Å². The van der Waals surface area contributed by atoms with E-state index in [1.54, 1.807) is 0 Å². The van der Waals surface area contributed by atoms with E-state index in [2.05, 4.69) is 18.3 Å². The number of likely N-dealkylation sites (tertiary alicyclic amines) is 1. The minimum absolute atomic E-state index is 0.0475. The van der Waals surface area contributed by atoms with Crippen LogP contribution in [0.4, 0.5) is 0 Å². The Balaban J connectivity index is 2.05. The van der Waals surface area contributed by atoms with Crippen LogP contribution in [0.5, 0.6) is 0 Å². The Hall–Kier alpha value is -0.830. The SMILES string of the molecule is NC(=O)[C@@H]1CCCN1C(=O)[C@@H]1C[C@@H](CC(=O)OPP)C(=O)N1P. The molecule has 2 fully saturated rings. The van der Waals surface area contributed by atoms with Crippen molar-refractivity contribution >= 4 is 50.5 Å². The van der Waals surface area contributed by atoms with E-state index in [4.69, 9.17) is 10.3 Å². The highest BCUT2D eigenvalue weighted by atomic mass is 32.0. The fourth-order valence-electron chi connectivity index (χ4n) is 3.07. The average Bonchev–Trinajstić information content (AvgIpc) is 3.08. The van der Waals surface area contributed by atoms with Crippen molar-refractivity contribution in [2.45, 2.75) is 37.8 Å². The Morgan fingerprint density at radius 1 is 1.35 bits per heavy atom. The summed E-state index contributed by atoms with van der Waals surface area (Å²) in [4.78, 5) is 49.3. The zero-order chi connectivity index (χ0) is 17.1. The number of rotatable bonds is 5. The summed E-state index contributed by atoms with van der Waals surface area (Å²) in [5.41, 5.74) is 5.33. The van der Waals surface area contributed by atoms with Crippen LogP contribution >= 0.6 is 26.8 Å². The molecule has 23 heavy (non-hydrogen) atoms. The first-order chi connectivity index (χ1) is 10.9. The molecule has 8 nitrogen and oxygen atoms in total. The minimum atomic E-state index is -0.691. The average molecular weight is 379 g/mol. The molecule has 2 rings (SSSR count). The zero-order valence-electron chi connectivity index (χ0n) is 12.4. The lowest BCUT2D eigenvalue weighted by Gasteiger charge is -2.28. The van der Waals surface area contributed by atoms with Crippen LogP contribution in [0.3, 0.4) is 0 Å². The topological polar surface area (TPSA) is 110 Å². The summed E-state index contributed by atoms with van der Waals surface area (Å²) >= 11 is 0. The summed E-state index contributed by atoms with van der Waals surface area (Å²) in [7, 11) is 4.48. The molecule has 0 radical (unpaired) electrons. The predicted molar refractivity (Wildman–Crippen MR) is 91.1 cm³/mol. The van der Waals surface area contributed by atoms with Gasteiger partial charge in [-0.25, -0.2) is 0 Å². The standard InChI is InChI=1S/C12H20N3O5P3/c13-10(17)7-2-1-3-14(7)12(19)8-4-6(11(18)15(8)21)5-9(16)20-23-22/h6-8,23H,1-5,21-22H2,(H2,13,17)/t6-,7-,8-/m0/s1. The predicted octanol–water partition coefficient (Wildman–Crippen LogP) is -0.213. The summed E-state index contributed by atoms with van der Waals surface area (Å²) < 4.78 is 6.13. The van der Waals surface area contributed by atoms with Gasteiger partial charge in [0.2, 0.25) is 17.7 Å². The number of carbonyl (C=O) groups is 4. The minimum Gasteiger partial charge on any atom is -0.444 e. The van der Waals surface area contributed by atoms with Gasteiger partial charge in [-0.15, -0.1) is 0 Å². The summed E-state index contributed by atoms with van der Waals surface area (Å²) in [6, 6.07) is -1.30. The molecule has 0 saturated carbocycles. The lowest BCUT2D eigenvalue weighted by Crippen LogP contribution is -2.49. The van der Waals surface area contributed by atoms with Gasteiger partial charge in [0.15, 0.2) is 0 Å². The third-order valence-corrected chi connectivity index (χ3v) is 5.50. The third-order valence-electron chi connectivity index (χ3n) is 4.18. The van der Waals surface area contributed by atoms with Crippen LogP contribution in [-0.2, 0) is 23.7 Å². The van der Waals surface area contributed by atoms with Crippen molar-refractivity contribution in [1.82, 2.24) is 9.57 Å². The molecule has 2 saturated heterocycles. The number of hydrogen-bond acceptors (Lipinski definition) is 5. The van der Waals surface area contributed by atoms with Gasteiger partial charge in [0.25, 0.3) is 0 Å². The molecule has 2 N–H and O–H groups in total. The van der Waals surface area contributed by atoms with Gasteiger partial charge < -0.3 is 19.8 Å². The Kier molecular flexibility index (Phi) is 6.30. The summed E-state index contributed by atoms with van der Waals surface area (Å²) in [6.45, 7) is 0.455. The lowest BCUT2D eigenvalue weighted by molar-refractivity contribution is -0.141. The van der Waals surface area contributed by atoms with Gasteiger partial charge in [-0.2, -0.15) is 0 Å². The van der Waals surface area contributed by atoms with E-state index in [9.17, 15) is 19.2 Å². The van der Waals surface area contributed by atoms with Gasteiger partial charge in [-0.1, -0.05) is 8.93 Å². The van der Waals surface area contributed by atoms with Crippen molar-refractivity contribution in [2.24, 2.45) is 11.7 Å². The summed E-state index contributed by atoms with van der Waals surface area (Å²) in [5, 5.41) is 0. The second-order valence-electron chi connectivity index (χ2n) is 5.58. The maximum atomic E-state index is 12.7. The molecule has 0 aromatic rings. The maximum Gasteiger partial charge on any atom is 0.309 e. The summed E-state index contributed by atoms with van der Waals surface area (Å²) in [5.74, 6) is -2.15. The number of primary amides is 1. The molecule has 6 atom stereocenters. The van der Waals surface area contributed by atoms with Crippen molar-refractivity contribution < 1.29 is 23.7 Å². The van der Waals surface area contributed by atoms with Crippen molar-refractivity contribution in [1.29, 1.82) is 0 Å². The van der Waals surface area contributed by atoms with Gasteiger partial charge in [0.1, 0.15) is 12.1 Å². The monoisotopic (exact) mass is 379 g/mol. The molecule has 0 aromatic carbocycles. The molecule has 2 aliphatic heterocycles. The van der Waals surface area contributed by atoms with Gasteiger partial charge in [0, 0.05) is 6.54 Å². The molecular weight excluding hydrogens is 359 g/mol. The first-order valence-electron chi connectivity index (χ1n) is 7.19. The van der Waals surface area contributed by atoms with Gasteiger partial charge in [0.05, 0.1) is 20.8 Å². The van der Waals surface area contributed by atoms with Crippen LogP contribution < -0.4 is 5.73 Å². The molecule has 3 amide bonds. The normalized spacial score (nSPS) is 27.9. The number of hydrogen-bond donors (Lipinski definition) is 1. The van der Waals surface area contributed by atoms with Crippen LogP contribution in [0.25, 0.3) is 0 Å². The van der Waals surface area contributed by atoms with E-state index in [1.807, 2.05) is 0 Å². The number of nitrogens with zero attached hydrogens (tertiary/aromatic N) is 2. The lowest BCUT2D eigenvalue weighted by atomic mass is 10.0. The van der Waals surface area contributed by atoms with Crippen molar-refractivity contribution in [3.63, 3.8) is 0 Å². The number of amides is 3. The molecule has 2 aliphatic rings. The Labute approximate surface area is 140 Å². The Morgan fingerprint density at radius 2 is 2.04 bits per heavy atom. The molecule has 11 heteroatoms. The molecule has 0 aromatic heterocycles. The van der Waals surface area contributed by atoms with Crippen LogP contribution in [0.2, 0.25) is 0 Å². The molecule has 0 spiro atoms. The number of carbonyl (C=O) groups excluding carboxylic acids is 4. The van der Waals surface area contributed by atoms with E-state index in [1.165, 1.54) is 9.57 Å². The van der Waals surface area contributed by atoms with Gasteiger partial charge in [-0.05, 0) is 28.7 Å². The second-order valence-corrected chi connectivity index (χ2v) is 7.29. The molecule has 3 unspecified atom stereocenters. The molecule has 0 bridgehead atoms. The molecule has 128 valence electrons. The highest BCUT2D eigenvalue weighted by molar-refractivity contribution is 8.00. The largest absolute Gasteiger partial charge is 0.444 e. The van der Waals surface area contributed by atoms with Gasteiger partial charge in [-0.3, -0.25) is 19.2 Å². The Bertz CT molecular complexity index is 532. The van der Waals surface area contributed by atoms with E-state index >= 15 is 0 Å². The van der Waals surface area contributed by atoms with Crippen LogP contribution in [-0.4, -0.2) is 51.9 Å². The smallest absolute Gasteiger partial charge is 0.309 e. The van der Waals surface area contributed by atoms with Crippen LogP contribution in [0.15, 0.2) is 0 Å². The highest BCUT2D eigenvalue weighted by Gasteiger charge is 2.46. The Morgan fingerprint density at radius 3 is 2.65 bits per heavy atom. The van der Waals surface area contributed by atoms with E-state index < -0.39 is 29.9 Å². The number of nitrogens with two attached hydrogens (primary N) is 1. The third kappa shape index (κ3) is 3.99. The van der Waals surface area contributed by atoms with Crippen molar-refractivity contribution in [3.8, 4) is 0 Å². The van der Waals surface area contributed by atoms with E-state index in [0.717, 1.165) is 0 Å². The molecule has 2 heterocycles. The zero-order valence-corrected chi connectivity index (χ0v) is 15.7. The first kappa shape index (κ1) is 18.5. The van der Waals surface area contributed by atoms with Gasteiger partial charge >= 0.3 is 5.97 Å². The van der Waals surface area contributed by atoms with E-state index in [-0.39, 0.29) is 33.2 Å². The second kappa shape index (κ2) is 7.83. The maximum absolute atomic E-state index is 12.7. The van der Waals surface area contributed by atoms with Crippen molar-refractivity contribution in [3.05, 3.63) is 0 Å². The van der Waals surface area contributed by atoms with Crippen LogP contribution in [0, 0.1) is 5.92 Å². The molecular formula is C12H20N3O5P3. The van der Waals surface area contributed by atoms with E-state index in [0.29, 0.717) is 19.4 Å². The first-order valence-corrected chi connectivity index (χ1v) is 10.4. The quantitative estimate of drug-likeness (QED) is 0.665. The summed E-state index contributed by atoms with van der Waals surface area (Å²) in [6.07, 6.45) is 1.44. The molecule has 0 aliphatic carbocycles.